The van der Waals surface area contributed by atoms with Crippen molar-refractivity contribution in [3.05, 3.63) is 12.3 Å². The lowest BCUT2D eigenvalue weighted by Gasteiger charge is -2.03. The van der Waals surface area contributed by atoms with Crippen molar-refractivity contribution < 1.29 is 0 Å². The Bertz CT molecular complexity index is 184. The topological polar surface area (TPSA) is 3.24 Å². The van der Waals surface area contributed by atoms with Crippen molar-refractivity contribution in [2.75, 3.05) is 14.1 Å². The van der Waals surface area contributed by atoms with E-state index < -0.39 is 0 Å². The van der Waals surface area contributed by atoms with Gasteiger partial charge in [0.25, 0.3) is 0 Å². The van der Waals surface area contributed by atoms with Gasteiger partial charge >= 0.3 is 0 Å². The van der Waals surface area contributed by atoms with Gasteiger partial charge in [-0.3, -0.25) is 0 Å². The van der Waals surface area contributed by atoms with E-state index in [0.717, 1.165) is 0 Å². The SMILES string of the molecule is CCCCCCCCCCCCCCC=CN(C)C. The van der Waals surface area contributed by atoms with E-state index in [4.69, 9.17) is 0 Å². The Balaban J connectivity index is 2.99. The Morgan fingerprint density at radius 2 is 1.05 bits per heavy atom. The maximum atomic E-state index is 2.29. The predicted molar refractivity (Wildman–Crippen MR) is 88.5 cm³/mol. The molecule has 0 aromatic rings. The zero-order valence-electron chi connectivity index (χ0n) is 13.8. The minimum atomic E-state index is 1.25. The van der Waals surface area contributed by atoms with E-state index in [1.165, 1.54) is 83.5 Å². The van der Waals surface area contributed by atoms with Gasteiger partial charge in [-0.15, -0.1) is 0 Å². The van der Waals surface area contributed by atoms with Gasteiger partial charge in [0, 0.05) is 14.1 Å². The minimum absolute atomic E-state index is 1.25. The zero-order chi connectivity index (χ0) is 14.2. The third-order valence-electron chi connectivity index (χ3n) is 3.63. The van der Waals surface area contributed by atoms with E-state index in [1.54, 1.807) is 0 Å². The second kappa shape index (κ2) is 15.6. The van der Waals surface area contributed by atoms with Crippen molar-refractivity contribution in [1.82, 2.24) is 4.90 Å². The summed E-state index contributed by atoms with van der Waals surface area (Å²) in [7, 11) is 4.16. The maximum Gasteiger partial charge on any atom is 0.00555 e. The van der Waals surface area contributed by atoms with Crippen LogP contribution in [0.25, 0.3) is 0 Å². The monoisotopic (exact) mass is 267 g/mol. The molecule has 114 valence electrons. The highest BCUT2D eigenvalue weighted by molar-refractivity contribution is 4.78. The van der Waals surface area contributed by atoms with Crippen LogP contribution >= 0.6 is 0 Å². The second-order valence-corrected chi connectivity index (χ2v) is 6.03. The van der Waals surface area contributed by atoms with Crippen LogP contribution in [0.4, 0.5) is 0 Å². The second-order valence-electron chi connectivity index (χ2n) is 6.03. The normalized spacial score (nSPS) is 11.3. The quantitative estimate of drug-likeness (QED) is 0.341. The summed E-state index contributed by atoms with van der Waals surface area (Å²) < 4.78 is 0. The average Bonchev–Trinajstić information content (AvgIpc) is 2.39. The third kappa shape index (κ3) is 17.5. The van der Waals surface area contributed by atoms with E-state index in [1.807, 2.05) is 0 Å². The van der Waals surface area contributed by atoms with Crippen molar-refractivity contribution in [3.63, 3.8) is 0 Å². The highest BCUT2D eigenvalue weighted by atomic mass is 15.0. The first-order valence-corrected chi connectivity index (χ1v) is 8.60. The fourth-order valence-electron chi connectivity index (χ4n) is 2.39. The first-order valence-electron chi connectivity index (χ1n) is 8.60. The lowest BCUT2D eigenvalue weighted by Crippen LogP contribution is -1.99. The molecule has 0 saturated carbocycles. The van der Waals surface area contributed by atoms with Crippen LogP contribution in [-0.2, 0) is 0 Å². The number of nitrogens with zero attached hydrogens (tertiary/aromatic N) is 1. The summed E-state index contributed by atoms with van der Waals surface area (Å²) >= 11 is 0. The van der Waals surface area contributed by atoms with Crippen molar-refractivity contribution in [3.8, 4) is 0 Å². The molecule has 1 nitrogen and oxygen atoms in total. The minimum Gasteiger partial charge on any atom is -0.384 e. The molecule has 0 unspecified atom stereocenters. The molecule has 0 atom stereocenters. The fourth-order valence-corrected chi connectivity index (χ4v) is 2.39. The predicted octanol–water partition coefficient (Wildman–Crippen LogP) is 6.15. The van der Waals surface area contributed by atoms with Crippen LogP contribution < -0.4 is 0 Å². The Morgan fingerprint density at radius 3 is 1.47 bits per heavy atom. The van der Waals surface area contributed by atoms with Crippen molar-refractivity contribution in [2.24, 2.45) is 0 Å². The Morgan fingerprint density at radius 1 is 0.632 bits per heavy atom. The van der Waals surface area contributed by atoms with Gasteiger partial charge in [0.15, 0.2) is 0 Å². The Kier molecular flexibility index (Phi) is 15.2. The number of rotatable bonds is 14. The lowest BCUT2D eigenvalue weighted by atomic mass is 10.0. The van der Waals surface area contributed by atoms with E-state index in [0.29, 0.717) is 0 Å². The molecule has 0 aliphatic carbocycles. The van der Waals surface area contributed by atoms with Crippen LogP contribution in [0.15, 0.2) is 12.3 Å². The summed E-state index contributed by atoms with van der Waals surface area (Å²) in [6.45, 7) is 2.29. The highest BCUT2D eigenvalue weighted by Gasteiger charge is 1.92. The van der Waals surface area contributed by atoms with Gasteiger partial charge in [0.05, 0.1) is 0 Å². The molecule has 0 radical (unpaired) electrons. The lowest BCUT2D eigenvalue weighted by molar-refractivity contribution is 0.542. The van der Waals surface area contributed by atoms with E-state index in [-0.39, 0.29) is 0 Å². The summed E-state index contributed by atoms with van der Waals surface area (Å²) in [6.07, 6.45) is 22.9. The number of unbranched alkanes of at least 4 members (excludes halogenated alkanes) is 12. The van der Waals surface area contributed by atoms with E-state index in [9.17, 15) is 0 Å². The van der Waals surface area contributed by atoms with Gasteiger partial charge in [-0.05, 0) is 19.0 Å². The first kappa shape index (κ1) is 18.5. The van der Waals surface area contributed by atoms with Crippen molar-refractivity contribution >= 4 is 0 Å². The summed E-state index contributed by atoms with van der Waals surface area (Å²) in [5, 5.41) is 0. The van der Waals surface area contributed by atoms with Gasteiger partial charge in [0.1, 0.15) is 0 Å². The molecular weight excluding hydrogens is 230 g/mol. The molecule has 0 heterocycles. The third-order valence-corrected chi connectivity index (χ3v) is 3.63. The zero-order valence-corrected chi connectivity index (χ0v) is 13.8. The van der Waals surface area contributed by atoms with Crippen LogP contribution in [0.1, 0.15) is 90.4 Å². The molecule has 0 aromatic heterocycles. The molecule has 19 heavy (non-hydrogen) atoms. The molecule has 0 bridgehead atoms. The van der Waals surface area contributed by atoms with Gasteiger partial charge in [-0.2, -0.15) is 0 Å². The van der Waals surface area contributed by atoms with Crippen molar-refractivity contribution in [1.29, 1.82) is 0 Å². The molecule has 0 fully saturated rings. The summed E-state index contributed by atoms with van der Waals surface area (Å²) in [5.41, 5.74) is 0. The molecule has 0 spiro atoms. The molecule has 0 rings (SSSR count). The van der Waals surface area contributed by atoms with E-state index >= 15 is 0 Å². The molecule has 0 saturated heterocycles. The van der Waals surface area contributed by atoms with Crippen molar-refractivity contribution in [2.45, 2.75) is 90.4 Å². The van der Waals surface area contributed by atoms with Gasteiger partial charge in [-0.25, -0.2) is 0 Å². The molecular formula is C18H37N. The molecule has 0 N–H and O–H groups in total. The molecule has 0 aromatic carbocycles. The number of allylic oxidation sites excluding steroid dienone is 1. The number of hydrogen-bond acceptors (Lipinski definition) is 1. The Hall–Kier alpha value is -0.460. The average molecular weight is 268 g/mol. The van der Waals surface area contributed by atoms with E-state index in [2.05, 4.69) is 38.2 Å². The summed E-state index contributed by atoms with van der Waals surface area (Å²) in [4.78, 5) is 2.11. The van der Waals surface area contributed by atoms with Crippen LogP contribution in [-0.4, -0.2) is 19.0 Å². The fraction of sp³-hybridized carbons (Fsp3) is 0.889. The standard InChI is InChI=1S/C18H37N/c1-4-5-6-7-8-9-10-11-12-13-14-15-16-17-18-19(2)3/h17-18H,4-16H2,1-3H3. The Labute approximate surface area is 122 Å². The smallest absolute Gasteiger partial charge is 0.00555 e. The summed E-state index contributed by atoms with van der Waals surface area (Å²) in [6, 6.07) is 0. The van der Waals surface area contributed by atoms with Crippen LogP contribution in [0.2, 0.25) is 0 Å². The largest absolute Gasteiger partial charge is 0.384 e. The number of hydrogen-bond donors (Lipinski definition) is 0. The first-order chi connectivity index (χ1) is 9.27. The molecule has 0 aliphatic rings. The van der Waals surface area contributed by atoms with Gasteiger partial charge in [0.2, 0.25) is 0 Å². The van der Waals surface area contributed by atoms with Gasteiger partial charge < -0.3 is 4.90 Å². The van der Waals surface area contributed by atoms with Crippen LogP contribution in [0.5, 0.6) is 0 Å². The highest BCUT2D eigenvalue weighted by Crippen LogP contribution is 2.12. The molecule has 1 heteroatoms. The van der Waals surface area contributed by atoms with Crippen LogP contribution in [0.3, 0.4) is 0 Å². The molecule has 0 aliphatic heterocycles. The van der Waals surface area contributed by atoms with Crippen LogP contribution in [0, 0.1) is 0 Å². The molecule has 0 amide bonds. The maximum absolute atomic E-state index is 2.29. The van der Waals surface area contributed by atoms with Gasteiger partial charge in [-0.1, -0.05) is 83.6 Å². The summed E-state index contributed by atoms with van der Waals surface area (Å²) in [5.74, 6) is 0.